The lowest BCUT2D eigenvalue weighted by atomic mass is 10.0. The van der Waals surface area contributed by atoms with E-state index in [-0.39, 0.29) is 16.9 Å². The van der Waals surface area contributed by atoms with Gasteiger partial charge in [0.05, 0.1) is 18.4 Å². The van der Waals surface area contributed by atoms with E-state index in [1.165, 1.54) is 37.4 Å². The molecular weight excluding hydrogens is 378 g/mol. The molecule has 1 aliphatic rings. The number of imide groups is 2. The first-order chi connectivity index (χ1) is 13.8. The van der Waals surface area contributed by atoms with Gasteiger partial charge in [0.2, 0.25) is 5.91 Å². The summed E-state index contributed by atoms with van der Waals surface area (Å²) in [5.41, 5.74) is 0.619. The molecule has 0 aliphatic carbocycles. The summed E-state index contributed by atoms with van der Waals surface area (Å²) in [4.78, 5) is 49.4. The molecule has 1 saturated heterocycles. The summed E-state index contributed by atoms with van der Waals surface area (Å²) in [6.07, 6.45) is 0. The van der Waals surface area contributed by atoms with Crippen molar-refractivity contribution >= 4 is 35.2 Å². The molecule has 4 amide bonds. The third kappa shape index (κ3) is 3.93. The average Bonchev–Trinajstić information content (AvgIpc) is 2.68. The van der Waals surface area contributed by atoms with Crippen molar-refractivity contribution in [3.8, 4) is 5.75 Å². The highest BCUT2D eigenvalue weighted by atomic mass is 16.5. The van der Waals surface area contributed by atoms with Gasteiger partial charge in [-0.15, -0.1) is 0 Å². The van der Waals surface area contributed by atoms with Crippen molar-refractivity contribution in [2.45, 2.75) is 0 Å². The number of barbiturate groups is 1. The number of benzene rings is 2. The number of aromatic carboxylic acids is 1. The molecule has 0 aromatic heterocycles. The minimum absolute atomic E-state index is 0.000973. The van der Waals surface area contributed by atoms with E-state index in [9.17, 15) is 19.2 Å². The molecule has 1 aliphatic heterocycles. The van der Waals surface area contributed by atoms with Crippen LogP contribution >= 0.6 is 0 Å². The van der Waals surface area contributed by atoms with Gasteiger partial charge in [0, 0.05) is 11.4 Å². The first-order valence-corrected chi connectivity index (χ1v) is 8.44. The number of carbonyl (C=O) groups is 4. The van der Waals surface area contributed by atoms with E-state index in [2.05, 4.69) is 17.2 Å². The monoisotopic (exact) mass is 395 g/mol. The lowest BCUT2D eigenvalue weighted by molar-refractivity contribution is -0.132. The third-order valence-corrected chi connectivity index (χ3v) is 4.26. The van der Waals surface area contributed by atoms with Crippen LogP contribution in [0.25, 0.3) is 0 Å². The maximum Gasteiger partial charge on any atom is 0.335 e. The van der Waals surface area contributed by atoms with Crippen LogP contribution in [0.3, 0.4) is 0 Å². The molecule has 9 nitrogen and oxygen atoms in total. The summed E-state index contributed by atoms with van der Waals surface area (Å²) in [7, 11) is 1.48. The Bertz CT molecular complexity index is 1020. The summed E-state index contributed by atoms with van der Waals surface area (Å²) in [5.74, 6) is -3.58. The number of hydrogen-bond acceptors (Lipinski definition) is 6. The van der Waals surface area contributed by atoms with Crippen molar-refractivity contribution in [3.63, 3.8) is 0 Å². The molecule has 9 heteroatoms. The summed E-state index contributed by atoms with van der Waals surface area (Å²) < 4.78 is 5.06. The van der Waals surface area contributed by atoms with Gasteiger partial charge in [-0.1, -0.05) is 12.6 Å². The van der Waals surface area contributed by atoms with E-state index >= 15 is 0 Å². The molecule has 0 bridgehead atoms. The maximum absolute atomic E-state index is 12.9. The molecule has 1 fully saturated rings. The van der Waals surface area contributed by atoms with Gasteiger partial charge in [-0.05, 0) is 42.5 Å². The molecule has 29 heavy (non-hydrogen) atoms. The van der Waals surface area contributed by atoms with Crippen LogP contribution in [0.5, 0.6) is 5.75 Å². The molecule has 2 aromatic carbocycles. The topological polar surface area (TPSA) is 125 Å². The van der Waals surface area contributed by atoms with Crippen LogP contribution in [0.4, 0.5) is 16.2 Å². The Kier molecular flexibility index (Phi) is 5.31. The van der Waals surface area contributed by atoms with Crippen molar-refractivity contribution in [1.82, 2.24) is 5.32 Å². The van der Waals surface area contributed by atoms with E-state index in [4.69, 9.17) is 9.84 Å². The second kappa shape index (κ2) is 7.85. The SMILES string of the molecule is C=C(Nc1cccc(C(=O)O)c1)[C@H]1C(=O)NC(=O)N(c2ccc(OC)cc2)C1=O. The quantitative estimate of drug-likeness (QED) is 0.641. The molecule has 148 valence electrons. The number of ether oxygens (including phenoxy) is 1. The Morgan fingerprint density at radius 3 is 2.48 bits per heavy atom. The third-order valence-electron chi connectivity index (χ3n) is 4.26. The molecule has 0 saturated carbocycles. The zero-order chi connectivity index (χ0) is 21.1. The largest absolute Gasteiger partial charge is 0.497 e. The number of carbonyl (C=O) groups excluding carboxylic acids is 3. The fourth-order valence-electron chi connectivity index (χ4n) is 2.85. The molecule has 0 radical (unpaired) electrons. The summed E-state index contributed by atoms with van der Waals surface area (Å²) >= 11 is 0. The smallest absolute Gasteiger partial charge is 0.335 e. The van der Waals surface area contributed by atoms with Crippen molar-refractivity contribution in [3.05, 3.63) is 66.4 Å². The van der Waals surface area contributed by atoms with E-state index in [1.54, 1.807) is 18.2 Å². The predicted octanol–water partition coefficient (Wildman–Crippen LogP) is 2.22. The standard InChI is InChI=1S/C20H17N3O6/c1-11(21-13-5-3-4-12(10-13)19(26)27)16-17(24)22-20(28)23(18(16)25)14-6-8-15(29-2)9-7-14/h3-10,16,21H,1H2,2H3,(H,26,27)(H,22,24,28)/t16-/m0/s1. The van der Waals surface area contributed by atoms with Gasteiger partial charge < -0.3 is 15.2 Å². The number of hydrogen-bond donors (Lipinski definition) is 3. The number of rotatable bonds is 6. The Hall–Kier alpha value is -4.14. The number of urea groups is 1. The minimum atomic E-state index is -1.39. The van der Waals surface area contributed by atoms with E-state index < -0.39 is 29.7 Å². The molecule has 1 atom stereocenters. The van der Waals surface area contributed by atoms with Gasteiger partial charge in [-0.2, -0.15) is 0 Å². The van der Waals surface area contributed by atoms with Crippen LogP contribution in [0.2, 0.25) is 0 Å². The van der Waals surface area contributed by atoms with E-state index in [0.29, 0.717) is 11.4 Å². The first kappa shape index (κ1) is 19.6. The van der Waals surface area contributed by atoms with Crippen molar-refractivity contribution < 1.29 is 29.0 Å². The Morgan fingerprint density at radius 1 is 1.17 bits per heavy atom. The van der Waals surface area contributed by atoms with Crippen molar-refractivity contribution in [1.29, 1.82) is 0 Å². The normalized spacial score (nSPS) is 16.2. The van der Waals surface area contributed by atoms with Crippen LogP contribution < -0.4 is 20.3 Å². The van der Waals surface area contributed by atoms with Gasteiger partial charge in [-0.3, -0.25) is 14.9 Å². The van der Waals surface area contributed by atoms with Crippen molar-refractivity contribution in [2.75, 3.05) is 17.3 Å². The fourth-order valence-corrected chi connectivity index (χ4v) is 2.85. The van der Waals surface area contributed by atoms with Crippen LogP contribution in [0.15, 0.2) is 60.8 Å². The number of methoxy groups -OCH3 is 1. The molecule has 1 heterocycles. The van der Waals surface area contributed by atoms with Crippen LogP contribution in [-0.4, -0.2) is 36.0 Å². The highest BCUT2D eigenvalue weighted by Crippen LogP contribution is 2.26. The molecule has 0 unspecified atom stereocenters. The second-order valence-corrected chi connectivity index (χ2v) is 6.14. The minimum Gasteiger partial charge on any atom is -0.497 e. The highest BCUT2D eigenvalue weighted by Gasteiger charge is 2.43. The number of nitrogens with zero attached hydrogens (tertiary/aromatic N) is 1. The van der Waals surface area contributed by atoms with Crippen LogP contribution in [-0.2, 0) is 9.59 Å². The Balaban J connectivity index is 1.85. The van der Waals surface area contributed by atoms with Gasteiger partial charge in [0.1, 0.15) is 5.75 Å². The van der Waals surface area contributed by atoms with Gasteiger partial charge in [0.25, 0.3) is 5.91 Å². The van der Waals surface area contributed by atoms with Crippen molar-refractivity contribution in [2.24, 2.45) is 5.92 Å². The molecule has 3 N–H and O–H groups in total. The second-order valence-electron chi connectivity index (χ2n) is 6.14. The molecular formula is C20H17N3O6. The predicted molar refractivity (Wildman–Crippen MR) is 104 cm³/mol. The number of nitrogens with one attached hydrogen (secondary N) is 2. The van der Waals surface area contributed by atoms with Gasteiger partial charge in [-0.25, -0.2) is 14.5 Å². The highest BCUT2D eigenvalue weighted by molar-refractivity contribution is 6.28. The number of carboxylic acids is 1. The number of carboxylic acid groups (broad SMARTS) is 1. The zero-order valence-electron chi connectivity index (χ0n) is 15.3. The lowest BCUT2D eigenvalue weighted by Gasteiger charge is -2.31. The van der Waals surface area contributed by atoms with Crippen LogP contribution in [0, 0.1) is 5.92 Å². The summed E-state index contributed by atoms with van der Waals surface area (Å²) in [6, 6.07) is 11.1. The first-order valence-electron chi connectivity index (χ1n) is 8.44. The molecule has 0 spiro atoms. The summed E-state index contributed by atoms with van der Waals surface area (Å²) in [5, 5.41) is 14.0. The van der Waals surface area contributed by atoms with E-state index in [1.807, 2.05) is 0 Å². The maximum atomic E-state index is 12.9. The number of anilines is 2. The summed E-state index contributed by atoms with van der Waals surface area (Å²) in [6.45, 7) is 3.73. The average molecular weight is 395 g/mol. The molecule has 3 rings (SSSR count). The zero-order valence-corrected chi connectivity index (χ0v) is 15.3. The van der Waals surface area contributed by atoms with Crippen LogP contribution in [0.1, 0.15) is 10.4 Å². The van der Waals surface area contributed by atoms with Gasteiger partial charge >= 0.3 is 12.0 Å². The lowest BCUT2D eigenvalue weighted by Crippen LogP contribution is -2.59. The van der Waals surface area contributed by atoms with E-state index in [0.717, 1.165) is 4.90 Å². The van der Waals surface area contributed by atoms with Gasteiger partial charge in [0.15, 0.2) is 5.92 Å². The Morgan fingerprint density at radius 2 is 1.86 bits per heavy atom. The molecule has 2 aromatic rings. The Labute approximate surface area is 165 Å². The fraction of sp³-hybridized carbons (Fsp3) is 0.100. The number of amides is 4.